The Hall–Kier alpha value is -1.42. The lowest BCUT2D eigenvalue weighted by Crippen LogP contribution is -1.99. The van der Waals surface area contributed by atoms with E-state index in [0.717, 1.165) is 11.8 Å². The Morgan fingerprint density at radius 3 is 3.00 bits per heavy atom. The van der Waals surface area contributed by atoms with Crippen LogP contribution < -0.4 is 14.2 Å². The first kappa shape index (κ1) is 12.0. The van der Waals surface area contributed by atoms with E-state index >= 15 is 0 Å². The van der Waals surface area contributed by atoms with E-state index < -0.39 is 0 Å². The lowest BCUT2D eigenvalue weighted by molar-refractivity contribution is -0.108. The smallest absolute Gasteiger partial charge is 0.231 e. The minimum Gasteiger partial charge on any atom is -0.495 e. The van der Waals surface area contributed by atoms with Crippen molar-refractivity contribution in [1.82, 2.24) is 0 Å². The maximum Gasteiger partial charge on any atom is 0.231 e. The summed E-state index contributed by atoms with van der Waals surface area (Å²) in [5, 5.41) is 0.398. The molecule has 1 aliphatic rings. The van der Waals surface area contributed by atoms with E-state index in [9.17, 15) is 4.79 Å². The molecule has 1 unspecified atom stereocenters. The third-order valence-corrected chi connectivity index (χ3v) is 3.12. The molecule has 0 radical (unpaired) electrons. The number of ether oxygens (including phenoxy) is 3. The van der Waals surface area contributed by atoms with Gasteiger partial charge in [-0.05, 0) is 12.0 Å². The maximum atomic E-state index is 10.6. The van der Waals surface area contributed by atoms with Gasteiger partial charge in [-0.2, -0.15) is 0 Å². The first-order valence-electron chi connectivity index (χ1n) is 5.28. The highest BCUT2D eigenvalue weighted by molar-refractivity contribution is 6.34. The molecule has 0 aliphatic carbocycles. The molecule has 1 heterocycles. The van der Waals surface area contributed by atoms with Crippen LogP contribution in [0, 0.1) is 0 Å². The van der Waals surface area contributed by atoms with Crippen molar-refractivity contribution in [2.45, 2.75) is 19.3 Å². The van der Waals surface area contributed by atoms with E-state index in [-0.39, 0.29) is 12.7 Å². The fourth-order valence-electron chi connectivity index (χ4n) is 1.85. The summed E-state index contributed by atoms with van der Waals surface area (Å²) in [6, 6.07) is 1.82. The number of aldehydes is 1. The summed E-state index contributed by atoms with van der Waals surface area (Å²) in [6.45, 7) is 2.09. The van der Waals surface area contributed by atoms with Crippen molar-refractivity contribution < 1.29 is 19.0 Å². The standard InChI is InChI=1S/C12H13ClO4/c1-7(3-4-14)8-5-9-12(17-6-16-9)10(13)11(8)15-2/h4-5,7H,3,6H2,1-2H3. The van der Waals surface area contributed by atoms with E-state index in [2.05, 4.69) is 0 Å². The van der Waals surface area contributed by atoms with Crippen LogP contribution in [0.1, 0.15) is 24.8 Å². The summed E-state index contributed by atoms with van der Waals surface area (Å²) >= 11 is 6.19. The van der Waals surface area contributed by atoms with E-state index in [0.29, 0.717) is 28.7 Å². The van der Waals surface area contributed by atoms with Gasteiger partial charge >= 0.3 is 0 Å². The molecule has 17 heavy (non-hydrogen) atoms. The number of methoxy groups -OCH3 is 1. The Labute approximate surface area is 104 Å². The lowest BCUT2D eigenvalue weighted by Gasteiger charge is -2.16. The summed E-state index contributed by atoms with van der Waals surface area (Å²) in [5.74, 6) is 1.67. The van der Waals surface area contributed by atoms with Gasteiger partial charge in [0.1, 0.15) is 17.1 Å². The van der Waals surface area contributed by atoms with Crippen LogP contribution in [0.15, 0.2) is 6.07 Å². The van der Waals surface area contributed by atoms with Crippen LogP contribution in [0.4, 0.5) is 0 Å². The topological polar surface area (TPSA) is 44.8 Å². The highest BCUT2D eigenvalue weighted by Crippen LogP contribution is 2.48. The van der Waals surface area contributed by atoms with Gasteiger partial charge in [0, 0.05) is 12.0 Å². The molecular formula is C12H13ClO4. The summed E-state index contributed by atoms with van der Waals surface area (Å²) in [7, 11) is 1.54. The number of halogens is 1. The Morgan fingerprint density at radius 1 is 1.59 bits per heavy atom. The van der Waals surface area contributed by atoms with Gasteiger partial charge in [-0.15, -0.1) is 0 Å². The van der Waals surface area contributed by atoms with Crippen molar-refractivity contribution in [1.29, 1.82) is 0 Å². The van der Waals surface area contributed by atoms with Crippen LogP contribution in [-0.2, 0) is 4.79 Å². The average molecular weight is 257 g/mol. The second-order valence-electron chi connectivity index (χ2n) is 3.85. The first-order chi connectivity index (χ1) is 8.19. The maximum absolute atomic E-state index is 10.6. The molecule has 1 aliphatic heterocycles. The molecule has 0 saturated heterocycles. The van der Waals surface area contributed by atoms with Gasteiger partial charge in [0.15, 0.2) is 11.5 Å². The highest BCUT2D eigenvalue weighted by Gasteiger charge is 2.25. The quantitative estimate of drug-likeness (QED) is 0.777. The number of carbonyl (C=O) groups excluding carboxylic acids is 1. The largest absolute Gasteiger partial charge is 0.495 e. The fourth-order valence-corrected chi connectivity index (χ4v) is 2.18. The highest BCUT2D eigenvalue weighted by atomic mass is 35.5. The SMILES string of the molecule is COc1c(C(C)CC=O)cc2c(c1Cl)OCO2. The molecular weight excluding hydrogens is 244 g/mol. The zero-order chi connectivity index (χ0) is 12.4. The predicted octanol–water partition coefficient (Wildman–Crippen LogP) is 2.77. The molecule has 0 saturated carbocycles. The Balaban J connectivity index is 2.51. The van der Waals surface area contributed by atoms with E-state index in [4.69, 9.17) is 25.8 Å². The molecule has 0 amide bonds. The molecule has 0 N–H and O–H groups in total. The average Bonchev–Trinajstić information content (AvgIpc) is 2.77. The van der Waals surface area contributed by atoms with Crippen LogP contribution in [0.2, 0.25) is 5.02 Å². The molecule has 0 bridgehead atoms. The van der Waals surface area contributed by atoms with Crippen LogP contribution >= 0.6 is 11.6 Å². The minimum atomic E-state index is 0.0226. The van der Waals surface area contributed by atoms with E-state index in [1.54, 1.807) is 7.11 Å². The van der Waals surface area contributed by atoms with Gasteiger partial charge in [0.25, 0.3) is 0 Å². The lowest BCUT2D eigenvalue weighted by atomic mass is 9.97. The molecule has 0 fully saturated rings. The predicted molar refractivity (Wildman–Crippen MR) is 63.2 cm³/mol. The molecule has 92 valence electrons. The van der Waals surface area contributed by atoms with Gasteiger partial charge < -0.3 is 19.0 Å². The summed E-state index contributed by atoms with van der Waals surface area (Å²) in [4.78, 5) is 10.6. The van der Waals surface area contributed by atoms with Gasteiger partial charge in [0.05, 0.1) is 7.11 Å². The van der Waals surface area contributed by atoms with Crippen LogP contribution in [0.5, 0.6) is 17.2 Å². The zero-order valence-corrected chi connectivity index (χ0v) is 10.4. The molecule has 0 spiro atoms. The third-order valence-electron chi connectivity index (χ3n) is 2.77. The molecule has 2 rings (SSSR count). The van der Waals surface area contributed by atoms with E-state index in [1.807, 2.05) is 13.0 Å². The second kappa shape index (κ2) is 4.84. The van der Waals surface area contributed by atoms with Crippen molar-refractivity contribution in [2.75, 3.05) is 13.9 Å². The van der Waals surface area contributed by atoms with Crippen LogP contribution in [0.25, 0.3) is 0 Å². The molecule has 5 heteroatoms. The molecule has 1 aromatic carbocycles. The summed E-state index contributed by atoms with van der Waals surface area (Å²) in [6.07, 6.45) is 1.29. The Morgan fingerprint density at radius 2 is 2.35 bits per heavy atom. The summed E-state index contributed by atoms with van der Waals surface area (Å²) in [5.41, 5.74) is 0.855. The number of benzene rings is 1. The Bertz CT molecular complexity index is 445. The molecule has 0 aromatic heterocycles. The van der Waals surface area contributed by atoms with Crippen molar-refractivity contribution in [3.8, 4) is 17.2 Å². The van der Waals surface area contributed by atoms with Gasteiger partial charge in [-0.1, -0.05) is 18.5 Å². The van der Waals surface area contributed by atoms with Crippen molar-refractivity contribution in [3.05, 3.63) is 16.7 Å². The van der Waals surface area contributed by atoms with Crippen molar-refractivity contribution in [3.63, 3.8) is 0 Å². The summed E-state index contributed by atoms with van der Waals surface area (Å²) < 4.78 is 15.8. The van der Waals surface area contributed by atoms with Crippen molar-refractivity contribution >= 4 is 17.9 Å². The molecule has 1 aromatic rings. The first-order valence-corrected chi connectivity index (χ1v) is 5.66. The van der Waals surface area contributed by atoms with Gasteiger partial charge in [0.2, 0.25) is 6.79 Å². The third kappa shape index (κ3) is 2.05. The van der Waals surface area contributed by atoms with Gasteiger partial charge in [-0.25, -0.2) is 0 Å². The number of hydrogen-bond donors (Lipinski definition) is 0. The Kier molecular flexibility index (Phi) is 3.43. The number of carbonyl (C=O) groups is 1. The monoisotopic (exact) mass is 256 g/mol. The van der Waals surface area contributed by atoms with Crippen molar-refractivity contribution in [2.24, 2.45) is 0 Å². The zero-order valence-electron chi connectivity index (χ0n) is 9.66. The number of hydrogen-bond acceptors (Lipinski definition) is 4. The van der Waals surface area contributed by atoms with E-state index in [1.165, 1.54) is 0 Å². The fraction of sp³-hybridized carbons (Fsp3) is 0.417. The van der Waals surface area contributed by atoms with Gasteiger partial charge in [-0.3, -0.25) is 0 Å². The minimum absolute atomic E-state index is 0.0226. The molecule has 4 nitrogen and oxygen atoms in total. The van der Waals surface area contributed by atoms with Crippen LogP contribution in [-0.4, -0.2) is 20.2 Å². The number of fused-ring (bicyclic) bond motifs is 1. The number of rotatable bonds is 4. The molecule has 1 atom stereocenters. The normalized spacial score (nSPS) is 14.5. The van der Waals surface area contributed by atoms with Crippen LogP contribution in [0.3, 0.4) is 0 Å². The second-order valence-corrected chi connectivity index (χ2v) is 4.23.